The lowest BCUT2D eigenvalue weighted by Crippen LogP contribution is -2.41. The van der Waals surface area contributed by atoms with E-state index in [0.29, 0.717) is 8.78 Å². The van der Waals surface area contributed by atoms with Crippen LogP contribution in [0.3, 0.4) is 0 Å². The van der Waals surface area contributed by atoms with Crippen LogP contribution in [0, 0.1) is 5.82 Å². The zero-order chi connectivity index (χ0) is 16.2. The van der Waals surface area contributed by atoms with Crippen molar-refractivity contribution in [2.75, 3.05) is 24.6 Å². The van der Waals surface area contributed by atoms with Gasteiger partial charge in [-0.2, -0.15) is 8.42 Å². The largest absolute Gasteiger partial charge is 0.494 e. The fourth-order valence-corrected chi connectivity index (χ4v) is 2.69. The van der Waals surface area contributed by atoms with Crippen LogP contribution in [-0.4, -0.2) is 34.6 Å². The van der Waals surface area contributed by atoms with Gasteiger partial charge in [0.05, 0.1) is 13.7 Å². The molecule has 0 radical (unpaired) electrons. The molecule has 0 fully saturated rings. The summed E-state index contributed by atoms with van der Waals surface area (Å²) in [5, 5.41) is 5.04. The molecule has 0 aliphatic carbocycles. The zero-order valence-electron chi connectivity index (χ0n) is 11.3. The first-order valence-corrected chi connectivity index (χ1v) is 7.99. The second-order valence-electron chi connectivity index (χ2n) is 3.80. The van der Waals surface area contributed by atoms with E-state index in [2.05, 4.69) is 20.7 Å². The van der Waals surface area contributed by atoms with Gasteiger partial charge in [0, 0.05) is 4.47 Å². The van der Waals surface area contributed by atoms with Crippen LogP contribution in [-0.2, 0) is 19.7 Å². The summed E-state index contributed by atoms with van der Waals surface area (Å²) < 4.78 is 47.7. The standard InChI is InChI=1S/C11H14BrFN2O5S/c1-3-20-10(16)6-15(21(14,17)18)11-8(13)4-7(12)5-9(11)19-2/h4-5H,3,6H2,1-2H3,(H2,14,17,18). The lowest BCUT2D eigenvalue weighted by molar-refractivity contribution is -0.141. The summed E-state index contributed by atoms with van der Waals surface area (Å²) in [6.07, 6.45) is 0. The molecule has 1 aromatic carbocycles. The predicted octanol–water partition coefficient (Wildman–Crippen LogP) is 1.17. The molecule has 7 nitrogen and oxygen atoms in total. The Balaban J connectivity index is 3.37. The van der Waals surface area contributed by atoms with Crippen molar-refractivity contribution in [2.45, 2.75) is 6.92 Å². The van der Waals surface area contributed by atoms with Crippen molar-refractivity contribution in [3.05, 3.63) is 22.4 Å². The van der Waals surface area contributed by atoms with Crippen molar-refractivity contribution < 1.29 is 27.1 Å². The number of benzene rings is 1. The number of halogens is 2. The minimum Gasteiger partial charge on any atom is -0.494 e. The van der Waals surface area contributed by atoms with Crippen molar-refractivity contribution >= 4 is 37.8 Å². The molecule has 0 saturated heterocycles. The molecule has 0 atom stereocenters. The average Bonchev–Trinajstić information content (AvgIpc) is 2.35. The maximum atomic E-state index is 14.1. The van der Waals surface area contributed by atoms with E-state index < -0.39 is 34.2 Å². The number of nitrogens with zero attached hydrogens (tertiary/aromatic N) is 1. The van der Waals surface area contributed by atoms with Crippen LogP contribution in [0.1, 0.15) is 6.92 Å². The van der Waals surface area contributed by atoms with E-state index in [1.807, 2.05) is 0 Å². The van der Waals surface area contributed by atoms with E-state index in [1.165, 1.54) is 13.2 Å². The summed E-state index contributed by atoms with van der Waals surface area (Å²) >= 11 is 3.05. The third-order valence-corrected chi connectivity index (χ3v) is 3.73. The van der Waals surface area contributed by atoms with Gasteiger partial charge in [0.2, 0.25) is 0 Å². The van der Waals surface area contributed by atoms with Crippen molar-refractivity contribution in [1.82, 2.24) is 0 Å². The molecule has 0 spiro atoms. The van der Waals surface area contributed by atoms with Crippen molar-refractivity contribution in [2.24, 2.45) is 5.14 Å². The first-order chi connectivity index (χ1) is 9.70. The molecule has 1 rings (SSSR count). The van der Waals surface area contributed by atoms with E-state index in [9.17, 15) is 17.6 Å². The fraction of sp³-hybridized carbons (Fsp3) is 0.364. The average molecular weight is 385 g/mol. The Bertz CT molecular complexity index is 638. The van der Waals surface area contributed by atoms with Crippen molar-refractivity contribution in [3.8, 4) is 5.75 Å². The van der Waals surface area contributed by atoms with Gasteiger partial charge in [0.1, 0.15) is 18.0 Å². The zero-order valence-corrected chi connectivity index (χ0v) is 13.7. The number of rotatable bonds is 6. The minimum atomic E-state index is -4.40. The lowest BCUT2D eigenvalue weighted by atomic mass is 10.2. The van der Waals surface area contributed by atoms with Gasteiger partial charge in [-0.15, -0.1) is 0 Å². The Labute approximate surface area is 130 Å². The number of ether oxygens (including phenoxy) is 2. The van der Waals surface area contributed by atoms with E-state index in [-0.39, 0.29) is 12.4 Å². The first-order valence-electron chi connectivity index (χ1n) is 5.69. The number of anilines is 1. The molecule has 21 heavy (non-hydrogen) atoms. The number of nitrogens with two attached hydrogens (primary N) is 1. The number of carbonyl (C=O) groups excluding carboxylic acids is 1. The Hall–Kier alpha value is -1.39. The number of hydrogen-bond acceptors (Lipinski definition) is 5. The molecule has 0 aromatic heterocycles. The molecule has 2 N–H and O–H groups in total. The van der Waals surface area contributed by atoms with Crippen LogP contribution in [0.4, 0.5) is 10.1 Å². The van der Waals surface area contributed by atoms with E-state index in [1.54, 1.807) is 6.92 Å². The quantitative estimate of drug-likeness (QED) is 0.742. The molecule has 10 heteroatoms. The highest BCUT2D eigenvalue weighted by Crippen LogP contribution is 2.35. The Morgan fingerprint density at radius 1 is 1.48 bits per heavy atom. The monoisotopic (exact) mass is 384 g/mol. The molecular formula is C11H14BrFN2O5S. The molecule has 0 aliphatic rings. The van der Waals surface area contributed by atoms with Gasteiger partial charge < -0.3 is 9.47 Å². The summed E-state index contributed by atoms with van der Waals surface area (Å²) in [5.41, 5.74) is -0.462. The maximum Gasteiger partial charge on any atom is 0.326 e. The van der Waals surface area contributed by atoms with E-state index in [4.69, 9.17) is 9.88 Å². The Morgan fingerprint density at radius 3 is 2.57 bits per heavy atom. The topological polar surface area (TPSA) is 98.9 Å². The SMILES string of the molecule is CCOC(=O)CN(c1c(F)cc(Br)cc1OC)S(N)(=O)=O. The predicted molar refractivity (Wildman–Crippen MR) is 77.7 cm³/mol. The summed E-state index contributed by atoms with van der Waals surface area (Å²) in [7, 11) is -3.17. The molecule has 0 bridgehead atoms. The van der Waals surface area contributed by atoms with E-state index >= 15 is 0 Å². The van der Waals surface area contributed by atoms with Crippen LogP contribution in [0.25, 0.3) is 0 Å². The molecule has 1 aromatic rings. The van der Waals surface area contributed by atoms with Gasteiger partial charge in [0.25, 0.3) is 10.2 Å². The highest BCUT2D eigenvalue weighted by Gasteiger charge is 2.28. The molecule has 0 aliphatic heterocycles. The van der Waals surface area contributed by atoms with Gasteiger partial charge >= 0.3 is 5.97 Å². The summed E-state index contributed by atoms with van der Waals surface area (Å²) in [6, 6.07) is 2.38. The number of hydrogen-bond donors (Lipinski definition) is 1. The highest BCUT2D eigenvalue weighted by atomic mass is 79.9. The third-order valence-electron chi connectivity index (χ3n) is 2.35. The maximum absolute atomic E-state index is 14.1. The third kappa shape index (κ3) is 4.55. The second-order valence-corrected chi connectivity index (χ2v) is 6.18. The van der Waals surface area contributed by atoms with Crippen LogP contribution < -0.4 is 14.2 Å². The van der Waals surface area contributed by atoms with E-state index in [0.717, 1.165) is 6.07 Å². The first kappa shape index (κ1) is 17.7. The fourth-order valence-electron chi connectivity index (χ4n) is 1.56. The van der Waals surface area contributed by atoms with Crippen LogP contribution in [0.2, 0.25) is 0 Å². The number of methoxy groups -OCH3 is 1. The molecule has 0 unspecified atom stereocenters. The van der Waals surface area contributed by atoms with Gasteiger partial charge in [-0.1, -0.05) is 15.9 Å². The smallest absolute Gasteiger partial charge is 0.326 e. The van der Waals surface area contributed by atoms with Gasteiger partial charge in [-0.25, -0.2) is 13.8 Å². The second kappa shape index (κ2) is 7.05. The minimum absolute atomic E-state index is 0.0528. The Kier molecular flexibility index (Phi) is 5.93. The van der Waals surface area contributed by atoms with Crippen LogP contribution >= 0.6 is 15.9 Å². The Morgan fingerprint density at radius 2 is 2.10 bits per heavy atom. The van der Waals surface area contributed by atoms with Gasteiger partial charge in [0.15, 0.2) is 5.82 Å². The molecule has 0 amide bonds. The molecule has 0 heterocycles. The van der Waals surface area contributed by atoms with Crippen molar-refractivity contribution in [1.29, 1.82) is 0 Å². The van der Waals surface area contributed by atoms with Crippen LogP contribution in [0.5, 0.6) is 5.75 Å². The highest BCUT2D eigenvalue weighted by molar-refractivity contribution is 9.10. The summed E-state index contributed by atoms with van der Waals surface area (Å²) in [6.45, 7) is 0.846. The summed E-state index contributed by atoms with van der Waals surface area (Å²) in [5.74, 6) is -1.88. The molecular weight excluding hydrogens is 371 g/mol. The molecule has 118 valence electrons. The van der Waals surface area contributed by atoms with Crippen molar-refractivity contribution in [3.63, 3.8) is 0 Å². The van der Waals surface area contributed by atoms with Crippen LogP contribution in [0.15, 0.2) is 16.6 Å². The number of esters is 1. The molecule has 0 saturated carbocycles. The normalized spacial score (nSPS) is 11.1. The lowest BCUT2D eigenvalue weighted by Gasteiger charge is -2.23. The summed E-state index contributed by atoms with van der Waals surface area (Å²) in [4.78, 5) is 11.5. The number of carbonyl (C=O) groups is 1. The van der Waals surface area contributed by atoms with Gasteiger partial charge in [-0.3, -0.25) is 4.79 Å². The van der Waals surface area contributed by atoms with Gasteiger partial charge in [-0.05, 0) is 19.1 Å².